The molecule has 1 atom stereocenters. The average Bonchev–Trinajstić information content (AvgIpc) is 2.96. The van der Waals surface area contributed by atoms with Crippen LogP contribution in [-0.2, 0) is 6.54 Å². The van der Waals surface area contributed by atoms with Gasteiger partial charge in [0.25, 0.3) is 0 Å². The summed E-state index contributed by atoms with van der Waals surface area (Å²) in [4.78, 5) is 6.45. The first-order valence-corrected chi connectivity index (χ1v) is 8.29. The van der Waals surface area contributed by atoms with Gasteiger partial charge >= 0.3 is 0 Å². The van der Waals surface area contributed by atoms with Gasteiger partial charge in [-0.15, -0.1) is 0 Å². The van der Waals surface area contributed by atoms with Crippen molar-refractivity contribution in [1.29, 1.82) is 0 Å². The van der Waals surface area contributed by atoms with E-state index in [-0.39, 0.29) is 0 Å². The Balaban J connectivity index is 1.56. The van der Waals surface area contributed by atoms with Gasteiger partial charge < -0.3 is 10.2 Å². The van der Waals surface area contributed by atoms with Gasteiger partial charge in [-0.25, -0.2) is 4.98 Å². The van der Waals surface area contributed by atoms with Crippen LogP contribution in [0.15, 0.2) is 36.5 Å². The number of benzene rings is 1. The zero-order valence-electron chi connectivity index (χ0n) is 11.9. The number of rotatable bonds is 4. The van der Waals surface area contributed by atoms with E-state index in [1.807, 2.05) is 30.5 Å². The van der Waals surface area contributed by atoms with Crippen molar-refractivity contribution in [2.75, 3.05) is 18.0 Å². The molecule has 0 unspecified atom stereocenters. The van der Waals surface area contributed by atoms with Crippen LogP contribution in [0.5, 0.6) is 0 Å². The topological polar surface area (TPSA) is 28.2 Å². The molecule has 0 aliphatic carbocycles. The number of aromatic nitrogens is 1. The molecule has 1 N–H and O–H groups in total. The highest BCUT2D eigenvalue weighted by Crippen LogP contribution is 2.23. The predicted molar refractivity (Wildman–Crippen MR) is 93.2 cm³/mol. The molecular formula is C16H16Cl3N3. The molecule has 22 heavy (non-hydrogen) atoms. The molecule has 1 aromatic heterocycles. The molecule has 2 aromatic rings. The lowest BCUT2D eigenvalue weighted by Crippen LogP contribution is -2.32. The van der Waals surface area contributed by atoms with Crippen LogP contribution in [0, 0.1) is 0 Å². The van der Waals surface area contributed by atoms with Gasteiger partial charge in [0.15, 0.2) is 0 Å². The maximum absolute atomic E-state index is 6.20. The quantitative estimate of drug-likeness (QED) is 0.822. The van der Waals surface area contributed by atoms with E-state index in [4.69, 9.17) is 34.8 Å². The Kier molecular flexibility index (Phi) is 5.09. The molecule has 1 fully saturated rings. The zero-order valence-corrected chi connectivity index (χ0v) is 14.2. The summed E-state index contributed by atoms with van der Waals surface area (Å²) in [5, 5.41) is 5.45. The lowest BCUT2D eigenvalue weighted by molar-refractivity contribution is 0.551. The first-order valence-electron chi connectivity index (χ1n) is 7.15. The van der Waals surface area contributed by atoms with E-state index in [0.29, 0.717) is 21.2 Å². The summed E-state index contributed by atoms with van der Waals surface area (Å²) in [5.41, 5.74) is 2.18. The molecule has 0 bridgehead atoms. The van der Waals surface area contributed by atoms with Crippen LogP contribution in [0.25, 0.3) is 0 Å². The van der Waals surface area contributed by atoms with Gasteiger partial charge in [0.2, 0.25) is 0 Å². The van der Waals surface area contributed by atoms with E-state index in [2.05, 4.69) is 15.2 Å². The minimum atomic E-state index is 0.433. The van der Waals surface area contributed by atoms with Crippen molar-refractivity contribution >= 4 is 40.5 Å². The molecule has 3 rings (SSSR count). The summed E-state index contributed by atoms with van der Waals surface area (Å²) >= 11 is 17.9. The van der Waals surface area contributed by atoms with Gasteiger partial charge in [0.05, 0.1) is 11.9 Å². The van der Waals surface area contributed by atoms with E-state index >= 15 is 0 Å². The summed E-state index contributed by atoms with van der Waals surface area (Å²) in [7, 11) is 0. The summed E-state index contributed by atoms with van der Waals surface area (Å²) < 4.78 is 0. The number of pyridine rings is 1. The molecule has 1 aliphatic heterocycles. The third kappa shape index (κ3) is 3.85. The molecule has 6 heteroatoms. The van der Waals surface area contributed by atoms with Crippen molar-refractivity contribution in [2.24, 2.45) is 0 Å². The highest BCUT2D eigenvalue weighted by Gasteiger charge is 2.22. The summed E-state index contributed by atoms with van der Waals surface area (Å²) in [5.74, 6) is 0. The van der Waals surface area contributed by atoms with E-state index in [1.165, 1.54) is 0 Å². The minimum Gasteiger partial charge on any atom is -0.369 e. The van der Waals surface area contributed by atoms with E-state index in [9.17, 15) is 0 Å². The largest absolute Gasteiger partial charge is 0.369 e. The summed E-state index contributed by atoms with van der Waals surface area (Å²) in [6.07, 6.45) is 2.91. The Labute approximate surface area is 145 Å². The summed E-state index contributed by atoms with van der Waals surface area (Å²) in [6.45, 7) is 2.71. The van der Waals surface area contributed by atoms with E-state index in [1.54, 1.807) is 6.07 Å². The average molecular weight is 357 g/mol. The third-order valence-electron chi connectivity index (χ3n) is 3.86. The molecule has 0 amide bonds. The number of hydrogen-bond acceptors (Lipinski definition) is 3. The smallest absolute Gasteiger partial charge is 0.129 e. The minimum absolute atomic E-state index is 0.433. The molecule has 0 spiro atoms. The van der Waals surface area contributed by atoms with Crippen molar-refractivity contribution < 1.29 is 0 Å². The van der Waals surface area contributed by atoms with E-state index < -0.39 is 0 Å². The van der Waals surface area contributed by atoms with Crippen molar-refractivity contribution in [3.63, 3.8) is 0 Å². The molecule has 1 saturated heterocycles. The van der Waals surface area contributed by atoms with Gasteiger partial charge in [-0.1, -0.05) is 40.9 Å². The van der Waals surface area contributed by atoms with Crippen molar-refractivity contribution in [3.8, 4) is 0 Å². The normalized spacial score (nSPS) is 18.0. The van der Waals surface area contributed by atoms with Crippen LogP contribution < -0.4 is 10.2 Å². The highest BCUT2D eigenvalue weighted by atomic mass is 35.5. The molecule has 116 valence electrons. The fourth-order valence-corrected chi connectivity index (χ4v) is 3.22. The second-order valence-electron chi connectivity index (χ2n) is 5.39. The number of nitrogens with zero attached hydrogens (tertiary/aromatic N) is 2. The number of halogens is 3. The van der Waals surface area contributed by atoms with Crippen molar-refractivity contribution in [3.05, 3.63) is 57.3 Å². The maximum Gasteiger partial charge on any atom is 0.129 e. The first kappa shape index (κ1) is 15.9. The number of nitrogens with one attached hydrogen (secondary N) is 1. The molecule has 3 nitrogen and oxygen atoms in total. The molecular weight excluding hydrogens is 341 g/mol. The first-order chi connectivity index (χ1) is 10.6. The van der Waals surface area contributed by atoms with E-state index in [0.717, 1.165) is 37.3 Å². The molecule has 1 aromatic carbocycles. The van der Waals surface area contributed by atoms with Gasteiger partial charge in [0.1, 0.15) is 5.15 Å². The Morgan fingerprint density at radius 2 is 2.05 bits per heavy atom. The SMILES string of the molecule is Clc1ccc(CN[C@H]2CCN(c3ccc(Cl)nc3)C2)c(Cl)c1. The lowest BCUT2D eigenvalue weighted by atomic mass is 10.2. The van der Waals surface area contributed by atoms with Gasteiger partial charge in [-0.2, -0.15) is 0 Å². The van der Waals surface area contributed by atoms with Crippen LogP contribution >= 0.6 is 34.8 Å². The third-order valence-corrected chi connectivity index (χ3v) is 4.67. The maximum atomic E-state index is 6.20. The second kappa shape index (κ2) is 7.05. The fourth-order valence-electron chi connectivity index (χ4n) is 2.64. The molecule has 2 heterocycles. The second-order valence-corrected chi connectivity index (χ2v) is 6.62. The number of anilines is 1. The van der Waals surface area contributed by atoms with Gasteiger partial charge in [-0.05, 0) is 36.2 Å². The zero-order chi connectivity index (χ0) is 15.5. The Morgan fingerprint density at radius 3 is 2.77 bits per heavy atom. The summed E-state index contributed by atoms with van der Waals surface area (Å²) in [6, 6.07) is 9.87. The highest BCUT2D eigenvalue weighted by molar-refractivity contribution is 6.35. The van der Waals surface area contributed by atoms with Gasteiger partial charge in [-0.3, -0.25) is 0 Å². The molecule has 0 radical (unpaired) electrons. The van der Waals surface area contributed by atoms with Crippen LogP contribution in [0.4, 0.5) is 5.69 Å². The number of hydrogen-bond donors (Lipinski definition) is 1. The Bertz CT molecular complexity index is 646. The van der Waals surface area contributed by atoms with Gasteiger partial charge in [0, 0.05) is 35.7 Å². The van der Waals surface area contributed by atoms with Crippen LogP contribution in [0.1, 0.15) is 12.0 Å². The lowest BCUT2D eigenvalue weighted by Gasteiger charge is -2.19. The van der Waals surface area contributed by atoms with Crippen molar-refractivity contribution in [2.45, 2.75) is 19.0 Å². The van der Waals surface area contributed by atoms with Crippen LogP contribution in [0.3, 0.4) is 0 Å². The Hall–Kier alpha value is -1.00. The monoisotopic (exact) mass is 355 g/mol. The molecule has 1 aliphatic rings. The Morgan fingerprint density at radius 1 is 1.18 bits per heavy atom. The van der Waals surface area contributed by atoms with Crippen LogP contribution in [0.2, 0.25) is 15.2 Å². The van der Waals surface area contributed by atoms with Crippen molar-refractivity contribution in [1.82, 2.24) is 10.3 Å². The van der Waals surface area contributed by atoms with Crippen LogP contribution in [-0.4, -0.2) is 24.1 Å². The standard InChI is InChI=1S/C16H16Cl3N3/c17-12-2-1-11(15(18)7-12)8-20-13-5-6-22(10-13)14-3-4-16(19)21-9-14/h1-4,7,9,13,20H,5-6,8,10H2/t13-/m0/s1. The predicted octanol–water partition coefficient (Wildman–Crippen LogP) is 4.41. The molecule has 0 saturated carbocycles. The fraction of sp³-hybridized carbons (Fsp3) is 0.312.